The minimum absolute atomic E-state index is 0.0748. The van der Waals surface area contributed by atoms with Gasteiger partial charge in [0.1, 0.15) is 6.54 Å². The minimum Gasteiger partial charge on any atom is -0.480 e. The topological polar surface area (TPSA) is 57.6 Å². The summed E-state index contributed by atoms with van der Waals surface area (Å²) >= 11 is 0. The molecule has 1 rings (SSSR count). The van der Waals surface area contributed by atoms with Crippen molar-refractivity contribution < 1.29 is 14.7 Å². The SMILES string of the molecule is C#CCN(CC(=O)O)C(=O)C#Cc1ccccc1. The number of amides is 1. The zero-order valence-electron chi connectivity index (χ0n) is 9.59. The van der Waals surface area contributed by atoms with Crippen LogP contribution in [-0.2, 0) is 9.59 Å². The molecule has 0 radical (unpaired) electrons. The highest BCUT2D eigenvalue weighted by atomic mass is 16.4. The number of hydrogen-bond acceptors (Lipinski definition) is 2. The number of rotatable bonds is 3. The molecule has 4 nitrogen and oxygen atoms in total. The van der Waals surface area contributed by atoms with Gasteiger partial charge in [0.25, 0.3) is 5.91 Å². The Balaban J connectivity index is 2.77. The molecule has 1 N–H and O–H groups in total. The molecule has 0 bridgehead atoms. The predicted molar refractivity (Wildman–Crippen MR) is 66.4 cm³/mol. The van der Waals surface area contributed by atoms with E-state index in [1.807, 2.05) is 6.07 Å². The van der Waals surface area contributed by atoms with E-state index >= 15 is 0 Å². The number of carbonyl (C=O) groups excluding carboxylic acids is 1. The van der Waals surface area contributed by atoms with E-state index in [-0.39, 0.29) is 6.54 Å². The Kier molecular flexibility index (Phi) is 5.02. The molecule has 0 aliphatic heterocycles. The fourth-order valence-corrected chi connectivity index (χ4v) is 1.20. The number of terminal acetylenes is 1. The number of carbonyl (C=O) groups is 2. The zero-order valence-corrected chi connectivity index (χ0v) is 9.59. The third-order valence-electron chi connectivity index (χ3n) is 1.98. The van der Waals surface area contributed by atoms with Gasteiger partial charge in [-0.3, -0.25) is 9.59 Å². The molecule has 0 unspecified atom stereocenters. The van der Waals surface area contributed by atoms with Crippen LogP contribution >= 0.6 is 0 Å². The lowest BCUT2D eigenvalue weighted by atomic mass is 10.2. The zero-order chi connectivity index (χ0) is 13.4. The summed E-state index contributed by atoms with van der Waals surface area (Å²) in [6, 6.07) is 8.93. The van der Waals surface area contributed by atoms with E-state index in [0.717, 1.165) is 4.90 Å². The van der Waals surface area contributed by atoms with Crippen LogP contribution in [0, 0.1) is 24.2 Å². The molecule has 0 aliphatic carbocycles. The molecule has 1 amide bonds. The van der Waals surface area contributed by atoms with Crippen LogP contribution in [0.25, 0.3) is 0 Å². The van der Waals surface area contributed by atoms with Crippen molar-refractivity contribution in [2.24, 2.45) is 0 Å². The van der Waals surface area contributed by atoms with Gasteiger partial charge in [0.2, 0.25) is 0 Å². The van der Waals surface area contributed by atoms with E-state index < -0.39 is 18.4 Å². The van der Waals surface area contributed by atoms with Gasteiger partial charge in [-0.15, -0.1) is 6.42 Å². The molecule has 1 aromatic carbocycles. The summed E-state index contributed by atoms with van der Waals surface area (Å²) in [6.07, 6.45) is 5.07. The Labute approximate surface area is 105 Å². The molecule has 0 heterocycles. The average molecular weight is 241 g/mol. The number of aliphatic carboxylic acids is 1. The normalized spacial score (nSPS) is 8.61. The van der Waals surface area contributed by atoms with Gasteiger partial charge in [-0.05, 0) is 12.1 Å². The van der Waals surface area contributed by atoms with E-state index in [0.29, 0.717) is 5.56 Å². The molecule has 18 heavy (non-hydrogen) atoms. The van der Waals surface area contributed by atoms with Crippen LogP contribution in [0.2, 0.25) is 0 Å². The van der Waals surface area contributed by atoms with Gasteiger partial charge in [0, 0.05) is 11.5 Å². The first-order valence-electron chi connectivity index (χ1n) is 5.14. The lowest BCUT2D eigenvalue weighted by Crippen LogP contribution is -2.35. The molecule has 90 valence electrons. The highest BCUT2D eigenvalue weighted by molar-refractivity contribution is 5.95. The van der Waals surface area contributed by atoms with Gasteiger partial charge in [0.15, 0.2) is 0 Å². The van der Waals surface area contributed by atoms with Crippen molar-refractivity contribution in [1.82, 2.24) is 4.90 Å². The quantitative estimate of drug-likeness (QED) is 0.788. The first kappa shape index (κ1) is 13.3. The Hall–Kier alpha value is -2.72. The second kappa shape index (κ2) is 6.78. The lowest BCUT2D eigenvalue weighted by molar-refractivity contribution is -0.142. The standard InChI is InChI=1S/C14H11NO3/c1-2-10-15(11-14(17)18)13(16)9-8-12-6-4-3-5-7-12/h1,3-7H,10-11H2,(H,17,18). The summed E-state index contributed by atoms with van der Waals surface area (Å²) in [5, 5.41) is 8.63. The maximum atomic E-state index is 11.6. The Morgan fingerprint density at radius 1 is 1.28 bits per heavy atom. The van der Waals surface area contributed by atoms with Gasteiger partial charge in [-0.25, -0.2) is 0 Å². The van der Waals surface area contributed by atoms with Crippen molar-refractivity contribution in [3.63, 3.8) is 0 Å². The second-order valence-electron chi connectivity index (χ2n) is 3.38. The predicted octanol–water partition coefficient (Wildman–Crippen LogP) is 0.584. The minimum atomic E-state index is -1.12. The number of benzene rings is 1. The van der Waals surface area contributed by atoms with Crippen molar-refractivity contribution in [3.8, 4) is 24.2 Å². The highest BCUT2D eigenvalue weighted by Gasteiger charge is 2.13. The van der Waals surface area contributed by atoms with Crippen LogP contribution < -0.4 is 0 Å². The first-order valence-corrected chi connectivity index (χ1v) is 5.14. The van der Waals surface area contributed by atoms with Crippen LogP contribution in [0.5, 0.6) is 0 Å². The second-order valence-corrected chi connectivity index (χ2v) is 3.38. The van der Waals surface area contributed by atoms with Gasteiger partial charge < -0.3 is 10.0 Å². The van der Waals surface area contributed by atoms with Crippen LogP contribution in [-0.4, -0.2) is 35.0 Å². The summed E-state index contributed by atoms with van der Waals surface area (Å²) in [7, 11) is 0. The third-order valence-corrected chi connectivity index (χ3v) is 1.98. The van der Waals surface area contributed by atoms with Gasteiger partial charge in [-0.1, -0.05) is 30.0 Å². The van der Waals surface area contributed by atoms with Crippen LogP contribution in [0.1, 0.15) is 5.56 Å². The van der Waals surface area contributed by atoms with E-state index in [2.05, 4.69) is 17.8 Å². The van der Waals surface area contributed by atoms with Crippen molar-refractivity contribution >= 4 is 11.9 Å². The average Bonchev–Trinajstić information content (AvgIpc) is 2.36. The van der Waals surface area contributed by atoms with Crippen molar-refractivity contribution in [2.45, 2.75) is 0 Å². The molecular weight excluding hydrogens is 230 g/mol. The van der Waals surface area contributed by atoms with Crippen LogP contribution in [0.4, 0.5) is 0 Å². The third kappa shape index (κ3) is 4.42. The Bertz CT molecular complexity index is 532. The van der Waals surface area contributed by atoms with Gasteiger partial charge in [-0.2, -0.15) is 0 Å². The number of hydrogen-bond donors (Lipinski definition) is 1. The van der Waals surface area contributed by atoms with Crippen molar-refractivity contribution in [1.29, 1.82) is 0 Å². The molecule has 0 atom stereocenters. The Morgan fingerprint density at radius 3 is 2.50 bits per heavy atom. The molecule has 0 fully saturated rings. The van der Waals surface area contributed by atoms with Gasteiger partial charge >= 0.3 is 5.97 Å². The van der Waals surface area contributed by atoms with Crippen molar-refractivity contribution in [2.75, 3.05) is 13.1 Å². The molecule has 0 aromatic heterocycles. The number of carboxylic acids is 1. The summed E-state index contributed by atoms with van der Waals surface area (Å²) in [5.41, 5.74) is 0.682. The summed E-state index contributed by atoms with van der Waals surface area (Å²) in [4.78, 5) is 23.2. The maximum absolute atomic E-state index is 11.6. The summed E-state index contributed by atoms with van der Waals surface area (Å²) in [5.74, 6) is 5.52. The van der Waals surface area contributed by atoms with E-state index in [9.17, 15) is 9.59 Å². The lowest BCUT2D eigenvalue weighted by Gasteiger charge is -2.13. The number of nitrogens with zero attached hydrogens (tertiary/aromatic N) is 1. The van der Waals surface area contributed by atoms with Gasteiger partial charge in [0.05, 0.1) is 6.54 Å². The first-order chi connectivity index (χ1) is 8.63. The molecular formula is C14H11NO3. The molecule has 0 aliphatic rings. The van der Waals surface area contributed by atoms with Crippen molar-refractivity contribution in [3.05, 3.63) is 35.9 Å². The van der Waals surface area contributed by atoms with E-state index in [4.69, 9.17) is 11.5 Å². The smallest absolute Gasteiger partial charge is 0.323 e. The summed E-state index contributed by atoms with van der Waals surface area (Å²) in [6.45, 7) is -0.527. The van der Waals surface area contributed by atoms with E-state index in [1.54, 1.807) is 24.3 Å². The largest absolute Gasteiger partial charge is 0.480 e. The molecule has 0 saturated carbocycles. The van der Waals surface area contributed by atoms with Crippen LogP contribution in [0.3, 0.4) is 0 Å². The van der Waals surface area contributed by atoms with E-state index in [1.165, 1.54) is 0 Å². The maximum Gasteiger partial charge on any atom is 0.323 e. The molecule has 0 saturated heterocycles. The summed E-state index contributed by atoms with van der Waals surface area (Å²) < 4.78 is 0. The molecule has 0 spiro atoms. The number of carboxylic acid groups (broad SMARTS) is 1. The fraction of sp³-hybridized carbons (Fsp3) is 0.143. The molecule has 4 heteroatoms. The molecule has 1 aromatic rings. The fourth-order valence-electron chi connectivity index (χ4n) is 1.20. The Morgan fingerprint density at radius 2 is 1.94 bits per heavy atom. The van der Waals surface area contributed by atoms with Crippen LogP contribution in [0.15, 0.2) is 30.3 Å². The highest BCUT2D eigenvalue weighted by Crippen LogP contribution is 1.95. The monoisotopic (exact) mass is 241 g/mol.